The molecule has 0 saturated carbocycles. The van der Waals surface area contributed by atoms with Gasteiger partial charge in [-0.1, -0.05) is 133 Å². The quantitative estimate of drug-likeness (QED) is 0.113. The minimum Gasteiger partial charge on any atom is -0.268 e. The summed E-state index contributed by atoms with van der Waals surface area (Å²) in [5.74, 6) is -0.0228. The summed E-state index contributed by atoms with van der Waals surface area (Å²) < 4.78 is 3.78. The number of rotatable bonds is 0. The highest BCUT2D eigenvalue weighted by Gasteiger charge is 2.36. The van der Waals surface area contributed by atoms with Crippen LogP contribution >= 0.6 is 0 Å². The number of allylic oxidation sites excluding steroid dienone is 2. The third-order valence-corrected chi connectivity index (χ3v) is 16.4. The Kier molecular flexibility index (Phi) is 5.72. The Morgan fingerprint density at radius 2 is 1.03 bits per heavy atom. The molecule has 0 radical (unpaired) electrons. The first kappa shape index (κ1) is 34.4. The molecule has 2 aliphatic carbocycles. The zero-order valence-corrected chi connectivity index (χ0v) is 35.9. The lowest BCUT2D eigenvalue weighted by Crippen LogP contribution is -2.50. The van der Waals surface area contributed by atoms with Gasteiger partial charge in [0, 0.05) is 54.0 Å². The van der Waals surface area contributed by atoms with Crippen LogP contribution in [0.15, 0.2) is 184 Å². The molecule has 18 rings (SSSR count). The van der Waals surface area contributed by atoms with Crippen molar-refractivity contribution in [1.82, 2.24) is 14.0 Å². The molecule has 2 unspecified atom stereocenters. The van der Waals surface area contributed by atoms with Crippen LogP contribution in [-0.2, 0) is 0 Å². The van der Waals surface area contributed by atoms with Crippen LogP contribution in [0.4, 0.5) is 0 Å². The fourth-order valence-electron chi connectivity index (χ4n) is 13.7. The van der Waals surface area contributed by atoms with Gasteiger partial charge < -0.3 is 0 Å². The average Bonchev–Trinajstić information content (AvgIpc) is 3.38. The summed E-state index contributed by atoms with van der Waals surface area (Å²) in [7, 11) is 0. The van der Waals surface area contributed by atoms with Gasteiger partial charge in [-0.3, -0.25) is 23.5 Å². The van der Waals surface area contributed by atoms with Crippen molar-refractivity contribution >= 4 is 147 Å². The van der Waals surface area contributed by atoms with E-state index in [1.807, 2.05) is 21.1 Å². The molecule has 6 heteroatoms. The van der Waals surface area contributed by atoms with Crippen molar-refractivity contribution in [3.8, 4) is 0 Å². The van der Waals surface area contributed by atoms with Crippen LogP contribution in [0.25, 0.3) is 147 Å². The smallest absolute Gasteiger partial charge is 0.264 e. The predicted molar refractivity (Wildman–Crippen MR) is 280 cm³/mol. The molecule has 3 aromatic heterocycles. The number of benzene rings is 12. The van der Waals surface area contributed by atoms with Gasteiger partial charge >= 0.3 is 0 Å². The maximum atomic E-state index is 15.2. The van der Waals surface area contributed by atoms with E-state index in [4.69, 9.17) is 9.98 Å². The number of fused-ring (bicyclic) bond motifs is 13. The molecular weight excluding hydrogens is 833 g/mol. The molecule has 68 heavy (non-hydrogen) atoms. The van der Waals surface area contributed by atoms with Gasteiger partial charge in [-0.25, -0.2) is 4.98 Å². The van der Waals surface area contributed by atoms with E-state index < -0.39 is 0 Å². The van der Waals surface area contributed by atoms with E-state index in [9.17, 15) is 4.79 Å². The number of hydrogen-bond donors (Lipinski definition) is 0. The summed E-state index contributed by atoms with van der Waals surface area (Å²) in [5, 5.41) is 25.5. The zero-order chi connectivity index (χ0) is 44.0. The molecule has 4 heterocycles. The molecule has 0 bridgehead atoms. The summed E-state index contributed by atoms with van der Waals surface area (Å²) in [6.45, 7) is 0. The summed E-state index contributed by atoms with van der Waals surface area (Å²) in [5.41, 5.74) is 5.31. The molecule has 12 aromatic carbocycles. The molecule has 15 aromatic rings. The predicted octanol–water partition coefficient (Wildman–Crippen LogP) is 11.3. The highest BCUT2D eigenvalue weighted by atomic mass is 16.1. The summed E-state index contributed by atoms with van der Waals surface area (Å²) in [6, 6.07) is 51.6. The molecule has 0 saturated heterocycles. The molecule has 0 N–H and O–H groups in total. The Hall–Kier alpha value is -9.00. The zero-order valence-electron chi connectivity index (χ0n) is 35.9. The number of nitrogens with zero attached hydrogens (tertiary/aromatic N) is 4. The summed E-state index contributed by atoms with van der Waals surface area (Å²) in [6.07, 6.45) is 8.73. The van der Waals surface area contributed by atoms with Crippen molar-refractivity contribution in [2.45, 2.75) is 6.04 Å². The lowest BCUT2D eigenvalue weighted by Gasteiger charge is -2.35. The highest BCUT2D eigenvalue weighted by Crippen LogP contribution is 2.50. The fraction of sp³-hybridized carbons (Fsp3) is 0.0323. The van der Waals surface area contributed by atoms with Crippen molar-refractivity contribution < 1.29 is 0 Å². The van der Waals surface area contributed by atoms with Gasteiger partial charge in [-0.05, 0) is 123 Å². The van der Waals surface area contributed by atoms with Crippen molar-refractivity contribution in [2.75, 3.05) is 0 Å². The normalized spacial score (nSPS) is 16.9. The van der Waals surface area contributed by atoms with Crippen LogP contribution < -0.4 is 27.0 Å². The van der Waals surface area contributed by atoms with Gasteiger partial charge in [0.2, 0.25) is 0 Å². The first-order valence-electron chi connectivity index (χ1n) is 23.4. The van der Waals surface area contributed by atoms with Crippen LogP contribution in [0.5, 0.6) is 0 Å². The van der Waals surface area contributed by atoms with Gasteiger partial charge in [0.15, 0.2) is 0 Å². The van der Waals surface area contributed by atoms with Crippen LogP contribution in [0, 0.1) is 5.92 Å². The van der Waals surface area contributed by atoms with Crippen molar-refractivity contribution in [1.29, 1.82) is 0 Å². The highest BCUT2D eigenvalue weighted by molar-refractivity contribution is 6.45. The lowest BCUT2D eigenvalue weighted by atomic mass is 9.79. The molecule has 2 atom stereocenters. The molecule has 6 nitrogen and oxygen atoms in total. The average molecular weight is 863 g/mol. The SMILES string of the molecule is O=c1c2ccc3c4ccc5c6ccc7c(=O)n8c9cccc%10cc%11ccccc%11c(nc8c8ccc(c%11ccc(c%12ccc(c%13n1C1=c%14ccccc%14=CC%14=CC=CC(N=%13)C%141)c2c3%12)c4c5%11)c6c78)c%109. The minimum atomic E-state index is -0.105. The van der Waals surface area contributed by atoms with Gasteiger partial charge in [0.1, 0.15) is 11.1 Å². The maximum absolute atomic E-state index is 15.2. The Labute approximate surface area is 382 Å². The van der Waals surface area contributed by atoms with Crippen molar-refractivity contribution in [3.63, 3.8) is 0 Å². The molecule has 310 valence electrons. The Morgan fingerprint density at radius 1 is 0.471 bits per heavy atom. The van der Waals surface area contributed by atoms with Crippen LogP contribution in [-0.4, -0.2) is 20.0 Å². The van der Waals surface area contributed by atoms with Gasteiger partial charge in [0.05, 0.1) is 23.0 Å². The first-order valence-corrected chi connectivity index (χ1v) is 23.4. The second-order valence-corrected chi connectivity index (χ2v) is 19.3. The molecule has 0 spiro atoms. The molecule has 0 amide bonds. The summed E-state index contributed by atoms with van der Waals surface area (Å²) in [4.78, 5) is 41.0. The Bertz CT molecular complexity index is 5320. The largest absolute Gasteiger partial charge is 0.268 e. The van der Waals surface area contributed by atoms with Gasteiger partial charge in [-0.15, -0.1) is 0 Å². The van der Waals surface area contributed by atoms with E-state index in [0.29, 0.717) is 16.4 Å². The van der Waals surface area contributed by atoms with Crippen LogP contribution in [0.3, 0.4) is 0 Å². The molecule has 0 fully saturated rings. The number of hydrogen-bond acceptors (Lipinski definition) is 4. The van der Waals surface area contributed by atoms with E-state index in [-0.39, 0.29) is 23.1 Å². The molecule has 1 aliphatic heterocycles. The Morgan fingerprint density at radius 3 is 1.74 bits per heavy atom. The second kappa shape index (κ2) is 11.3. The molecular formula is C62H30N4O2. The van der Waals surface area contributed by atoms with E-state index in [2.05, 4.69) is 158 Å². The van der Waals surface area contributed by atoms with E-state index >= 15 is 4.79 Å². The second-order valence-electron chi connectivity index (χ2n) is 19.3. The third kappa shape index (κ3) is 3.73. The Balaban J connectivity index is 0.956. The van der Waals surface area contributed by atoms with Crippen molar-refractivity contribution in [2.24, 2.45) is 10.9 Å². The van der Waals surface area contributed by atoms with Gasteiger partial charge in [0.25, 0.3) is 11.1 Å². The van der Waals surface area contributed by atoms with Crippen LogP contribution in [0.1, 0.15) is 0 Å². The maximum Gasteiger partial charge on any atom is 0.264 e. The van der Waals surface area contributed by atoms with E-state index in [1.165, 1.54) is 16.3 Å². The van der Waals surface area contributed by atoms with Gasteiger partial charge in [-0.2, -0.15) is 0 Å². The third-order valence-electron chi connectivity index (χ3n) is 16.4. The topological polar surface area (TPSA) is 68.7 Å². The van der Waals surface area contributed by atoms with E-state index in [1.54, 1.807) is 0 Å². The first-order chi connectivity index (χ1) is 33.6. The monoisotopic (exact) mass is 862 g/mol. The van der Waals surface area contributed by atoms with E-state index in [0.717, 1.165) is 130 Å². The van der Waals surface area contributed by atoms with Crippen LogP contribution in [0.2, 0.25) is 0 Å². The lowest BCUT2D eigenvalue weighted by molar-refractivity contribution is 0.588. The standard InChI is InChI=1S/C62H30N4O2/c67-61-45-25-21-41-37-17-18-38-42-22-26-46-55-43(59-63-47-13-5-9-31-28-30-8-2-4-12-34(30)58(49(31)47)66(59)62(46)68)23-19-39(53(42)55)35-15-16-36(52(37)51(35)38)40-20-24-44(56(45)54(40)41)60-64-57-33-11-3-1-7-29(33)27-32-10-6-14-48(50(32)57)65(60)61/h1-28,47,49H. The minimum absolute atomic E-state index is 0.0228. The fourth-order valence-corrected chi connectivity index (χ4v) is 13.7. The summed E-state index contributed by atoms with van der Waals surface area (Å²) >= 11 is 0. The van der Waals surface area contributed by atoms with Crippen molar-refractivity contribution in [3.05, 3.63) is 206 Å². The molecule has 3 aliphatic rings. The number of aromatic nitrogens is 3. The number of pyridine rings is 2.